The van der Waals surface area contributed by atoms with Gasteiger partial charge in [0.2, 0.25) is 0 Å². The van der Waals surface area contributed by atoms with Gasteiger partial charge in [-0.15, -0.1) is 0 Å². The Kier molecular flexibility index (Phi) is 4.14. The van der Waals surface area contributed by atoms with Gasteiger partial charge in [-0.1, -0.05) is 0 Å². The number of Topliss-reactive ketones (excluding diaryl/α,β-unsaturated/α-hetero) is 1. The van der Waals surface area contributed by atoms with Crippen LogP contribution in [0.15, 0.2) is 11.8 Å². The van der Waals surface area contributed by atoms with Crippen LogP contribution in [-0.4, -0.2) is 31.8 Å². The Hall–Kier alpha value is -1.04. The van der Waals surface area contributed by atoms with E-state index in [9.17, 15) is 18.0 Å². The molecule has 1 rings (SSSR count). The van der Waals surface area contributed by atoms with Crippen LogP contribution in [0.3, 0.4) is 0 Å². The summed E-state index contributed by atoms with van der Waals surface area (Å²) >= 11 is 0. The molecule has 1 aliphatic heterocycles. The van der Waals surface area contributed by atoms with E-state index in [4.69, 9.17) is 4.74 Å². The number of halogens is 3. The maximum atomic E-state index is 11.6. The van der Waals surface area contributed by atoms with Gasteiger partial charge in [0, 0.05) is 12.8 Å². The molecule has 86 valence electrons. The minimum absolute atomic E-state index is 0.0814. The van der Waals surface area contributed by atoms with Gasteiger partial charge in [0.15, 0.2) is 11.5 Å². The molecule has 3 nitrogen and oxygen atoms in total. The lowest BCUT2D eigenvalue weighted by atomic mass is 10.2. The highest BCUT2D eigenvalue weighted by Gasteiger charge is 2.27. The van der Waals surface area contributed by atoms with E-state index in [1.807, 2.05) is 0 Å². The topological polar surface area (TPSA) is 35.5 Å². The van der Waals surface area contributed by atoms with Crippen LogP contribution in [0.1, 0.15) is 12.8 Å². The highest BCUT2D eigenvalue weighted by Crippen LogP contribution is 2.15. The third-order valence-electron chi connectivity index (χ3n) is 1.72. The number of rotatable bonds is 5. The first-order valence-corrected chi connectivity index (χ1v) is 4.50. The van der Waals surface area contributed by atoms with Crippen molar-refractivity contribution in [3.8, 4) is 0 Å². The van der Waals surface area contributed by atoms with Gasteiger partial charge in [0.25, 0.3) is 0 Å². The molecular weight excluding hydrogens is 213 g/mol. The SMILES string of the molecule is O=C(CCOCC(F)(F)F)C1=CCCO1. The van der Waals surface area contributed by atoms with Gasteiger partial charge >= 0.3 is 6.18 Å². The van der Waals surface area contributed by atoms with Gasteiger partial charge in [-0.3, -0.25) is 4.79 Å². The quantitative estimate of drug-likeness (QED) is 0.668. The van der Waals surface area contributed by atoms with Crippen molar-refractivity contribution in [2.45, 2.75) is 19.0 Å². The molecule has 0 aliphatic carbocycles. The van der Waals surface area contributed by atoms with E-state index in [1.54, 1.807) is 6.08 Å². The van der Waals surface area contributed by atoms with Gasteiger partial charge in [-0.2, -0.15) is 13.2 Å². The molecule has 0 aromatic rings. The molecule has 15 heavy (non-hydrogen) atoms. The molecule has 0 atom stereocenters. The van der Waals surface area contributed by atoms with E-state index in [2.05, 4.69) is 4.74 Å². The number of alkyl halides is 3. The molecule has 0 N–H and O–H groups in total. The molecule has 0 aromatic heterocycles. The van der Waals surface area contributed by atoms with E-state index >= 15 is 0 Å². The molecule has 6 heteroatoms. The number of carbonyl (C=O) groups excluding carboxylic acids is 1. The molecular formula is C9H11F3O3. The molecule has 1 heterocycles. The van der Waals surface area contributed by atoms with Crippen LogP contribution < -0.4 is 0 Å². The Morgan fingerprint density at radius 2 is 2.27 bits per heavy atom. The van der Waals surface area contributed by atoms with Crippen LogP contribution in [0.2, 0.25) is 0 Å². The van der Waals surface area contributed by atoms with Crippen molar-refractivity contribution in [2.24, 2.45) is 0 Å². The number of carbonyl (C=O) groups is 1. The zero-order chi connectivity index (χ0) is 11.3. The average molecular weight is 224 g/mol. The van der Waals surface area contributed by atoms with E-state index in [0.29, 0.717) is 13.0 Å². The zero-order valence-electron chi connectivity index (χ0n) is 7.97. The van der Waals surface area contributed by atoms with Crippen LogP contribution >= 0.6 is 0 Å². The van der Waals surface area contributed by atoms with Crippen molar-refractivity contribution in [2.75, 3.05) is 19.8 Å². The van der Waals surface area contributed by atoms with Crippen LogP contribution in [0, 0.1) is 0 Å². The largest absolute Gasteiger partial charge is 0.490 e. The summed E-state index contributed by atoms with van der Waals surface area (Å²) in [5, 5.41) is 0. The van der Waals surface area contributed by atoms with Crippen LogP contribution in [-0.2, 0) is 14.3 Å². The van der Waals surface area contributed by atoms with Gasteiger partial charge in [0.05, 0.1) is 13.2 Å². The smallest absolute Gasteiger partial charge is 0.411 e. The Morgan fingerprint density at radius 3 is 2.80 bits per heavy atom. The number of hydrogen-bond acceptors (Lipinski definition) is 3. The maximum Gasteiger partial charge on any atom is 0.411 e. The molecule has 0 saturated carbocycles. The monoisotopic (exact) mass is 224 g/mol. The summed E-state index contributed by atoms with van der Waals surface area (Å²) in [6, 6.07) is 0. The molecule has 0 spiro atoms. The van der Waals surface area contributed by atoms with Crippen LogP contribution in [0.25, 0.3) is 0 Å². The Labute approximate surface area is 84.8 Å². The summed E-state index contributed by atoms with van der Waals surface area (Å²) in [6.07, 6.45) is -2.12. The fourth-order valence-corrected chi connectivity index (χ4v) is 1.09. The zero-order valence-corrected chi connectivity index (χ0v) is 7.97. The summed E-state index contributed by atoms with van der Waals surface area (Å²) in [5.41, 5.74) is 0. The van der Waals surface area contributed by atoms with E-state index < -0.39 is 12.8 Å². The summed E-state index contributed by atoms with van der Waals surface area (Å²) in [5.74, 6) is -0.0692. The second kappa shape index (κ2) is 5.16. The van der Waals surface area contributed by atoms with Crippen LogP contribution in [0.4, 0.5) is 13.2 Å². The van der Waals surface area contributed by atoms with Gasteiger partial charge < -0.3 is 9.47 Å². The second-order valence-electron chi connectivity index (χ2n) is 3.05. The third kappa shape index (κ3) is 4.83. The van der Waals surface area contributed by atoms with E-state index in [-0.39, 0.29) is 24.6 Å². The molecule has 1 aliphatic rings. The molecule has 0 bridgehead atoms. The molecule has 0 saturated heterocycles. The summed E-state index contributed by atoms with van der Waals surface area (Å²) in [4.78, 5) is 11.2. The molecule has 0 unspecified atom stereocenters. The minimum atomic E-state index is -4.34. The molecule has 0 aromatic carbocycles. The summed E-state index contributed by atoms with van der Waals surface area (Å²) in [7, 11) is 0. The second-order valence-corrected chi connectivity index (χ2v) is 3.05. The highest BCUT2D eigenvalue weighted by molar-refractivity contribution is 5.93. The Balaban J connectivity index is 2.12. The normalized spacial score (nSPS) is 16.1. The van der Waals surface area contributed by atoms with Crippen molar-refractivity contribution in [3.05, 3.63) is 11.8 Å². The van der Waals surface area contributed by atoms with Crippen molar-refractivity contribution in [1.82, 2.24) is 0 Å². The first-order chi connectivity index (χ1) is 6.99. The Bertz CT molecular complexity index is 258. The lowest BCUT2D eigenvalue weighted by Gasteiger charge is -2.07. The van der Waals surface area contributed by atoms with Crippen molar-refractivity contribution < 1.29 is 27.4 Å². The maximum absolute atomic E-state index is 11.6. The van der Waals surface area contributed by atoms with E-state index in [0.717, 1.165) is 0 Å². The first-order valence-electron chi connectivity index (χ1n) is 4.50. The fourth-order valence-electron chi connectivity index (χ4n) is 1.09. The predicted octanol–water partition coefficient (Wildman–Crippen LogP) is 1.83. The first kappa shape index (κ1) is 12.0. The van der Waals surface area contributed by atoms with E-state index in [1.165, 1.54) is 0 Å². The number of allylic oxidation sites excluding steroid dienone is 1. The predicted molar refractivity (Wildman–Crippen MR) is 45.2 cm³/mol. The molecule has 0 radical (unpaired) electrons. The fraction of sp³-hybridized carbons (Fsp3) is 0.667. The van der Waals surface area contributed by atoms with Gasteiger partial charge in [0.1, 0.15) is 6.61 Å². The van der Waals surface area contributed by atoms with Crippen molar-refractivity contribution >= 4 is 5.78 Å². The van der Waals surface area contributed by atoms with Crippen LogP contribution in [0.5, 0.6) is 0 Å². The summed E-state index contributed by atoms with van der Waals surface area (Å²) in [6.45, 7) is -1.09. The molecule has 0 amide bonds. The Morgan fingerprint density at radius 1 is 1.53 bits per heavy atom. The highest BCUT2D eigenvalue weighted by atomic mass is 19.4. The lowest BCUT2D eigenvalue weighted by Crippen LogP contribution is -2.18. The van der Waals surface area contributed by atoms with Gasteiger partial charge in [-0.05, 0) is 6.08 Å². The number of ether oxygens (including phenoxy) is 2. The lowest BCUT2D eigenvalue weighted by molar-refractivity contribution is -0.174. The summed E-state index contributed by atoms with van der Waals surface area (Å²) < 4.78 is 44.2. The molecule has 0 fully saturated rings. The van der Waals surface area contributed by atoms with Gasteiger partial charge in [-0.25, -0.2) is 0 Å². The van der Waals surface area contributed by atoms with Crippen molar-refractivity contribution in [1.29, 1.82) is 0 Å². The number of hydrogen-bond donors (Lipinski definition) is 0. The standard InChI is InChI=1S/C9H11F3O3/c10-9(11,12)6-14-5-3-7(13)8-2-1-4-15-8/h2H,1,3-6H2. The average Bonchev–Trinajstić information content (AvgIpc) is 2.63. The van der Waals surface area contributed by atoms with Crippen molar-refractivity contribution in [3.63, 3.8) is 0 Å². The third-order valence-corrected chi connectivity index (χ3v) is 1.72. The minimum Gasteiger partial charge on any atom is -0.490 e. The number of ketones is 1.